The predicted molar refractivity (Wildman–Crippen MR) is 134 cm³/mol. The second-order valence-corrected chi connectivity index (χ2v) is 11.5. The molecule has 0 aromatic heterocycles. The topological polar surface area (TPSA) is 55.4 Å². The van der Waals surface area contributed by atoms with Crippen LogP contribution < -0.4 is 0 Å². The van der Waals surface area contributed by atoms with Gasteiger partial charge in [-0.15, -0.1) is 0 Å². The molecule has 200 valence electrons. The summed E-state index contributed by atoms with van der Waals surface area (Å²) in [5.74, 6) is 1.36. The second kappa shape index (κ2) is 13.9. The molecule has 5 unspecified atom stereocenters. The lowest BCUT2D eigenvalue weighted by atomic mass is 9.82. The van der Waals surface area contributed by atoms with Crippen LogP contribution in [0.5, 0.6) is 0 Å². The highest BCUT2D eigenvalue weighted by Gasteiger charge is 2.46. The molecule has 0 amide bonds. The van der Waals surface area contributed by atoms with E-state index in [0.717, 1.165) is 72.3 Å². The van der Waals surface area contributed by atoms with E-state index in [4.69, 9.17) is 28.4 Å². The zero-order chi connectivity index (χ0) is 24.4. The molecule has 3 rings (SSSR count). The van der Waals surface area contributed by atoms with E-state index < -0.39 is 0 Å². The van der Waals surface area contributed by atoms with Crippen LogP contribution in [0.3, 0.4) is 0 Å². The van der Waals surface area contributed by atoms with E-state index in [1.165, 1.54) is 25.7 Å². The normalized spacial score (nSPS) is 29.0. The Labute approximate surface area is 208 Å². The fourth-order valence-electron chi connectivity index (χ4n) is 5.22. The predicted octanol–water partition coefficient (Wildman–Crippen LogP) is 5.13. The monoisotopic (exact) mass is 484 g/mol. The van der Waals surface area contributed by atoms with Crippen molar-refractivity contribution >= 4 is 0 Å². The molecule has 3 fully saturated rings. The minimum absolute atomic E-state index is 0.111. The molecule has 3 saturated heterocycles. The Hall–Kier alpha value is -0.240. The van der Waals surface area contributed by atoms with Gasteiger partial charge in [-0.1, -0.05) is 53.9 Å². The summed E-state index contributed by atoms with van der Waals surface area (Å²) in [5.41, 5.74) is 0.442. The van der Waals surface area contributed by atoms with Gasteiger partial charge in [-0.05, 0) is 25.2 Å². The summed E-state index contributed by atoms with van der Waals surface area (Å²) in [4.78, 5) is 0. The zero-order valence-corrected chi connectivity index (χ0v) is 22.6. The van der Waals surface area contributed by atoms with Gasteiger partial charge in [0.2, 0.25) is 0 Å². The lowest BCUT2D eigenvalue weighted by Crippen LogP contribution is -2.57. The first-order valence-electron chi connectivity index (χ1n) is 14.0. The van der Waals surface area contributed by atoms with Crippen molar-refractivity contribution < 1.29 is 28.4 Å². The van der Waals surface area contributed by atoms with Crippen LogP contribution in [0.1, 0.15) is 73.1 Å². The zero-order valence-electron chi connectivity index (χ0n) is 22.6. The molecule has 0 N–H and O–H groups in total. The third-order valence-electron chi connectivity index (χ3n) is 8.61. The van der Waals surface area contributed by atoms with Gasteiger partial charge >= 0.3 is 0 Å². The van der Waals surface area contributed by atoms with Gasteiger partial charge in [0.1, 0.15) is 0 Å². The molecule has 0 aromatic rings. The largest absolute Gasteiger partial charge is 0.381 e. The van der Waals surface area contributed by atoms with Crippen molar-refractivity contribution in [3.63, 3.8) is 0 Å². The van der Waals surface area contributed by atoms with Gasteiger partial charge in [0, 0.05) is 29.3 Å². The summed E-state index contributed by atoms with van der Waals surface area (Å²) in [5, 5.41) is 0. The Kier molecular flexibility index (Phi) is 11.6. The van der Waals surface area contributed by atoms with E-state index in [2.05, 4.69) is 34.6 Å². The fraction of sp³-hybridized carbons (Fsp3) is 1.00. The SMILES string of the molecule is CCCCC(CC)COCC1C(COCC2(CC)COC2)OC1C(C)COCC1(CC)COC1. The van der Waals surface area contributed by atoms with Crippen LogP contribution >= 0.6 is 0 Å². The lowest BCUT2D eigenvalue weighted by molar-refractivity contribution is -0.250. The first-order chi connectivity index (χ1) is 16.5. The molecule has 0 saturated carbocycles. The van der Waals surface area contributed by atoms with Gasteiger partial charge in [0.05, 0.1) is 71.7 Å². The van der Waals surface area contributed by atoms with Crippen molar-refractivity contribution in [3.8, 4) is 0 Å². The summed E-state index contributed by atoms with van der Waals surface area (Å²) in [7, 11) is 0. The smallest absolute Gasteiger partial charge is 0.0887 e. The third kappa shape index (κ3) is 7.39. The summed E-state index contributed by atoms with van der Waals surface area (Å²) in [6.45, 7) is 19.0. The van der Waals surface area contributed by atoms with Crippen molar-refractivity contribution in [2.24, 2.45) is 28.6 Å². The molecule has 3 heterocycles. The molecule has 6 nitrogen and oxygen atoms in total. The number of ether oxygens (including phenoxy) is 6. The van der Waals surface area contributed by atoms with Gasteiger partial charge in [0.15, 0.2) is 0 Å². The van der Waals surface area contributed by atoms with Gasteiger partial charge < -0.3 is 28.4 Å². The van der Waals surface area contributed by atoms with Gasteiger partial charge in [-0.25, -0.2) is 0 Å². The molecule has 34 heavy (non-hydrogen) atoms. The molecule has 3 aliphatic heterocycles. The summed E-state index contributed by atoms with van der Waals surface area (Å²) < 4.78 is 35.8. The molecule has 0 aromatic carbocycles. The van der Waals surface area contributed by atoms with E-state index in [-0.39, 0.29) is 23.0 Å². The van der Waals surface area contributed by atoms with Crippen molar-refractivity contribution in [3.05, 3.63) is 0 Å². The van der Waals surface area contributed by atoms with Gasteiger partial charge in [0.25, 0.3) is 0 Å². The molecule has 3 aliphatic rings. The van der Waals surface area contributed by atoms with Crippen LogP contribution in [0.25, 0.3) is 0 Å². The molecular formula is C28H52O6. The van der Waals surface area contributed by atoms with Crippen LogP contribution in [0.2, 0.25) is 0 Å². The standard InChI is InChI=1S/C28H52O6/c1-6-10-11-23(7-2)13-29-14-24-25(15-31-17-28(9-4)20-33-21-28)34-26(24)22(5)12-30-16-27(8-3)18-32-19-27/h22-26H,6-21H2,1-5H3. The number of hydrogen-bond acceptors (Lipinski definition) is 6. The summed E-state index contributed by atoms with van der Waals surface area (Å²) in [6, 6.07) is 0. The van der Waals surface area contributed by atoms with Crippen LogP contribution in [0, 0.1) is 28.6 Å². The number of rotatable bonds is 19. The molecule has 0 spiro atoms. The number of hydrogen-bond donors (Lipinski definition) is 0. The summed E-state index contributed by atoms with van der Waals surface area (Å²) in [6.07, 6.45) is 7.48. The van der Waals surface area contributed by atoms with Crippen molar-refractivity contribution in [1.82, 2.24) is 0 Å². The highest BCUT2D eigenvalue weighted by Crippen LogP contribution is 2.37. The minimum atomic E-state index is 0.111. The van der Waals surface area contributed by atoms with Crippen LogP contribution in [0.15, 0.2) is 0 Å². The average molecular weight is 485 g/mol. The van der Waals surface area contributed by atoms with Gasteiger partial charge in [-0.2, -0.15) is 0 Å². The van der Waals surface area contributed by atoms with Crippen LogP contribution in [-0.4, -0.2) is 78.3 Å². The molecule has 5 atom stereocenters. The van der Waals surface area contributed by atoms with E-state index in [1.807, 2.05) is 0 Å². The first-order valence-corrected chi connectivity index (χ1v) is 14.0. The maximum absolute atomic E-state index is 6.37. The fourth-order valence-corrected chi connectivity index (χ4v) is 5.22. The van der Waals surface area contributed by atoms with E-state index in [1.54, 1.807) is 0 Å². The Morgan fingerprint density at radius 3 is 2.00 bits per heavy atom. The van der Waals surface area contributed by atoms with Gasteiger partial charge in [-0.3, -0.25) is 0 Å². The molecule has 0 radical (unpaired) electrons. The van der Waals surface area contributed by atoms with Crippen molar-refractivity contribution in [1.29, 1.82) is 0 Å². The Balaban J connectivity index is 1.45. The maximum Gasteiger partial charge on any atom is 0.0887 e. The van der Waals surface area contributed by atoms with E-state index in [0.29, 0.717) is 24.4 Å². The third-order valence-corrected chi connectivity index (χ3v) is 8.61. The molecule has 0 aliphatic carbocycles. The highest BCUT2D eigenvalue weighted by atomic mass is 16.6. The Bertz CT molecular complexity index is 550. The second-order valence-electron chi connectivity index (χ2n) is 11.5. The highest BCUT2D eigenvalue weighted by molar-refractivity contribution is 4.92. The molecular weight excluding hydrogens is 432 g/mol. The minimum Gasteiger partial charge on any atom is -0.381 e. The lowest BCUT2D eigenvalue weighted by Gasteiger charge is -2.48. The van der Waals surface area contributed by atoms with Crippen molar-refractivity contribution in [2.75, 3.05) is 66.1 Å². The molecule has 0 bridgehead atoms. The maximum atomic E-state index is 6.37. The first kappa shape index (κ1) is 28.3. The quantitative estimate of drug-likeness (QED) is 0.253. The average Bonchev–Trinajstić information content (AvgIpc) is 2.78. The summed E-state index contributed by atoms with van der Waals surface area (Å²) >= 11 is 0. The van der Waals surface area contributed by atoms with Crippen molar-refractivity contribution in [2.45, 2.75) is 85.4 Å². The Morgan fingerprint density at radius 2 is 1.47 bits per heavy atom. The van der Waals surface area contributed by atoms with Crippen LogP contribution in [-0.2, 0) is 28.4 Å². The Morgan fingerprint density at radius 1 is 0.824 bits per heavy atom. The van der Waals surface area contributed by atoms with Crippen LogP contribution in [0.4, 0.5) is 0 Å². The molecule has 6 heteroatoms. The number of unbranched alkanes of at least 4 members (excludes halogenated alkanes) is 1. The van der Waals surface area contributed by atoms with E-state index in [9.17, 15) is 0 Å². The van der Waals surface area contributed by atoms with E-state index >= 15 is 0 Å².